The lowest BCUT2D eigenvalue weighted by atomic mass is 9.98. The average Bonchev–Trinajstić information content (AvgIpc) is 3.08. The predicted molar refractivity (Wildman–Crippen MR) is 207 cm³/mol. The minimum absolute atomic E-state index is 1.24. The van der Waals surface area contributed by atoms with Crippen LogP contribution in [0.4, 0.5) is 0 Å². The van der Waals surface area contributed by atoms with Crippen molar-refractivity contribution in [3.63, 3.8) is 0 Å². The van der Waals surface area contributed by atoms with Crippen LogP contribution in [0.2, 0.25) is 59.4 Å². The lowest BCUT2D eigenvalue weighted by Gasteiger charge is -2.71. The zero-order valence-electron chi connectivity index (χ0n) is 30.7. The van der Waals surface area contributed by atoms with E-state index < -0.39 is 29.4 Å². The first-order chi connectivity index (χ1) is 21.4. The van der Waals surface area contributed by atoms with Crippen molar-refractivity contribution in [3.8, 4) is 0 Å². The largest absolute Gasteiger partial charge is 0.0733 e. The Morgan fingerprint density at radius 3 is 0.500 bits per heavy atom. The Kier molecular flexibility index (Phi) is 12.0. The Labute approximate surface area is 280 Å². The molecule has 254 valence electrons. The van der Waals surface area contributed by atoms with Gasteiger partial charge in [0.2, 0.25) is 0 Å². The van der Waals surface area contributed by atoms with Gasteiger partial charge in [0.25, 0.3) is 0 Å². The van der Waals surface area contributed by atoms with Crippen LogP contribution < -0.4 is 0 Å². The monoisotopic (exact) mass is 671 g/mol. The standard InChI is InChI=1S/C40H78Si4/c1-41(2,43(35-23-11-5-12-24-35,36-25-13-6-14-26-36)37-27-15-7-16-28-37)42(3,4)44(38-29-17-8-18-30-38,39-31-19-9-20-32-39)40-33-21-10-22-34-40/h35-40H,5-34H2,1-4H3. The van der Waals surface area contributed by atoms with Crippen molar-refractivity contribution >= 4 is 29.4 Å². The van der Waals surface area contributed by atoms with Crippen LogP contribution in [0.25, 0.3) is 0 Å². The van der Waals surface area contributed by atoms with Gasteiger partial charge in [-0.25, -0.2) is 0 Å². The van der Waals surface area contributed by atoms with Crippen LogP contribution in [0.15, 0.2) is 0 Å². The first-order valence-corrected chi connectivity index (χ1v) is 34.8. The van der Waals surface area contributed by atoms with E-state index in [-0.39, 0.29) is 0 Å². The smallest absolute Gasteiger partial charge is 0.0536 e. The molecule has 0 atom stereocenters. The Balaban J connectivity index is 1.57. The van der Waals surface area contributed by atoms with Crippen LogP contribution >= 0.6 is 0 Å². The summed E-state index contributed by atoms with van der Waals surface area (Å²) in [7, 11) is -6.08. The van der Waals surface area contributed by atoms with Crippen molar-refractivity contribution < 1.29 is 0 Å². The van der Waals surface area contributed by atoms with E-state index in [2.05, 4.69) is 26.2 Å². The van der Waals surface area contributed by atoms with Gasteiger partial charge in [-0.3, -0.25) is 0 Å². The fraction of sp³-hybridized carbons (Fsp3) is 1.00. The molecule has 0 radical (unpaired) electrons. The maximum absolute atomic E-state index is 3.31. The highest BCUT2D eigenvalue weighted by atomic mass is 29.8. The molecule has 0 amide bonds. The van der Waals surface area contributed by atoms with Gasteiger partial charge in [0.05, 0.1) is 15.2 Å². The van der Waals surface area contributed by atoms with E-state index in [9.17, 15) is 0 Å². The number of hydrogen-bond acceptors (Lipinski definition) is 0. The third-order valence-corrected chi connectivity index (χ3v) is 87.4. The van der Waals surface area contributed by atoms with Crippen molar-refractivity contribution in [3.05, 3.63) is 0 Å². The maximum atomic E-state index is 3.31. The third kappa shape index (κ3) is 6.00. The van der Waals surface area contributed by atoms with E-state index in [0.29, 0.717) is 0 Å². The van der Waals surface area contributed by atoms with E-state index in [1.54, 1.807) is 193 Å². The fourth-order valence-electron chi connectivity index (χ4n) is 15.6. The second-order valence-electron chi connectivity index (χ2n) is 19.1. The summed E-state index contributed by atoms with van der Waals surface area (Å²) < 4.78 is 0. The van der Waals surface area contributed by atoms with Crippen molar-refractivity contribution in [2.45, 2.75) is 252 Å². The molecule has 0 aromatic heterocycles. The SMILES string of the molecule is C[Si](C)([Si](C1CCCCC1)(C1CCCCC1)C1CCCCC1)[Si](C)(C)[Si](C1CCCCC1)(C1CCCCC1)C1CCCCC1. The van der Waals surface area contributed by atoms with Gasteiger partial charge >= 0.3 is 0 Å². The second-order valence-corrected chi connectivity index (χ2v) is 57.5. The van der Waals surface area contributed by atoms with E-state index in [1.807, 2.05) is 0 Å². The molecule has 4 heteroatoms. The molecular weight excluding hydrogens is 593 g/mol. The van der Waals surface area contributed by atoms with Gasteiger partial charge in [-0.1, -0.05) is 219 Å². The van der Waals surface area contributed by atoms with Crippen molar-refractivity contribution in [2.75, 3.05) is 0 Å². The second kappa shape index (κ2) is 15.2. The number of hydrogen-bond donors (Lipinski definition) is 0. The molecule has 0 aromatic rings. The van der Waals surface area contributed by atoms with Crippen LogP contribution in [0.3, 0.4) is 0 Å². The summed E-state index contributed by atoms with van der Waals surface area (Å²) in [6.07, 6.45) is 49.2. The van der Waals surface area contributed by atoms with Gasteiger partial charge in [-0.05, 0) is 33.2 Å². The quantitative estimate of drug-likeness (QED) is 0.214. The van der Waals surface area contributed by atoms with Gasteiger partial charge < -0.3 is 0 Å². The van der Waals surface area contributed by atoms with Crippen LogP contribution in [-0.4, -0.2) is 29.4 Å². The van der Waals surface area contributed by atoms with E-state index in [4.69, 9.17) is 0 Å². The van der Waals surface area contributed by atoms with Crippen LogP contribution in [0.5, 0.6) is 0 Å². The average molecular weight is 671 g/mol. The summed E-state index contributed by atoms with van der Waals surface area (Å²) in [5.74, 6) is 0. The summed E-state index contributed by atoms with van der Waals surface area (Å²) >= 11 is 0. The molecule has 0 heterocycles. The molecule has 6 aliphatic rings. The number of rotatable bonds is 9. The maximum Gasteiger partial charge on any atom is 0.0536 e. The van der Waals surface area contributed by atoms with Gasteiger partial charge in [0, 0.05) is 14.2 Å². The van der Waals surface area contributed by atoms with E-state index >= 15 is 0 Å². The summed E-state index contributed by atoms with van der Waals surface area (Å²) in [6.45, 7) is 13.2. The molecule has 0 unspecified atom stereocenters. The Morgan fingerprint density at radius 1 is 0.227 bits per heavy atom. The summed E-state index contributed by atoms with van der Waals surface area (Å²) in [5, 5.41) is 0. The molecule has 6 aliphatic carbocycles. The van der Waals surface area contributed by atoms with Crippen LogP contribution in [0.1, 0.15) is 193 Å². The zero-order chi connectivity index (χ0) is 30.7. The first-order valence-electron chi connectivity index (χ1n) is 21.4. The van der Waals surface area contributed by atoms with Crippen molar-refractivity contribution in [1.82, 2.24) is 0 Å². The molecule has 44 heavy (non-hydrogen) atoms. The minimum Gasteiger partial charge on any atom is -0.0733 e. The lowest BCUT2D eigenvalue weighted by Crippen LogP contribution is -2.87. The minimum atomic E-state index is -1.52. The summed E-state index contributed by atoms with van der Waals surface area (Å²) in [6, 6.07) is 0. The normalized spacial score (nSPS) is 28.4. The summed E-state index contributed by atoms with van der Waals surface area (Å²) in [5.41, 5.74) is 7.45. The van der Waals surface area contributed by atoms with E-state index in [0.717, 1.165) is 0 Å². The Morgan fingerprint density at radius 2 is 0.364 bits per heavy atom. The third-order valence-electron chi connectivity index (χ3n) is 17.4. The topological polar surface area (TPSA) is 0 Å². The highest BCUT2D eigenvalue weighted by Gasteiger charge is 2.73. The van der Waals surface area contributed by atoms with Gasteiger partial charge in [0.15, 0.2) is 0 Å². The lowest BCUT2D eigenvalue weighted by molar-refractivity contribution is 0.421. The Bertz CT molecular complexity index is 697. The van der Waals surface area contributed by atoms with E-state index in [1.165, 1.54) is 33.2 Å². The molecule has 0 bridgehead atoms. The van der Waals surface area contributed by atoms with Gasteiger partial charge in [-0.15, -0.1) is 0 Å². The highest BCUT2D eigenvalue weighted by molar-refractivity contribution is 7.84. The van der Waals surface area contributed by atoms with Gasteiger partial charge in [0.1, 0.15) is 0 Å². The molecule has 0 N–H and O–H groups in total. The van der Waals surface area contributed by atoms with Crippen LogP contribution in [0, 0.1) is 0 Å². The summed E-state index contributed by atoms with van der Waals surface area (Å²) in [4.78, 5) is 0. The van der Waals surface area contributed by atoms with Crippen LogP contribution in [-0.2, 0) is 0 Å². The van der Waals surface area contributed by atoms with Gasteiger partial charge in [-0.2, -0.15) is 0 Å². The van der Waals surface area contributed by atoms with Crippen molar-refractivity contribution in [1.29, 1.82) is 0 Å². The molecule has 6 saturated carbocycles. The molecule has 6 fully saturated rings. The Hall–Kier alpha value is 0.868. The first kappa shape index (κ1) is 34.7. The molecule has 0 aliphatic heterocycles. The molecule has 0 spiro atoms. The molecule has 0 aromatic carbocycles. The van der Waals surface area contributed by atoms with Crippen molar-refractivity contribution in [2.24, 2.45) is 0 Å². The molecule has 0 saturated heterocycles. The highest BCUT2D eigenvalue weighted by Crippen LogP contribution is 2.67. The molecule has 0 nitrogen and oxygen atoms in total. The molecular formula is C40H78Si4. The molecule has 6 rings (SSSR count). The predicted octanol–water partition coefficient (Wildman–Crippen LogP) is 14.5. The fourth-order valence-corrected chi connectivity index (χ4v) is 108. The zero-order valence-corrected chi connectivity index (χ0v) is 34.7.